The van der Waals surface area contributed by atoms with Crippen LogP contribution in [0.1, 0.15) is 35.2 Å². The predicted molar refractivity (Wildman–Crippen MR) is 90.3 cm³/mol. The molecule has 1 N–H and O–H groups in total. The number of amides is 1. The molecule has 0 fully saturated rings. The van der Waals surface area contributed by atoms with Crippen LogP contribution in [0.2, 0.25) is 0 Å². The lowest BCUT2D eigenvalue weighted by Gasteiger charge is -2.15. The van der Waals surface area contributed by atoms with Crippen LogP contribution in [0, 0.1) is 13.8 Å². The Kier molecular flexibility index (Phi) is 5.18. The zero-order valence-corrected chi connectivity index (χ0v) is 14.2. The fourth-order valence-electron chi connectivity index (χ4n) is 2.32. The Morgan fingerprint density at radius 2 is 1.95 bits per heavy atom. The van der Waals surface area contributed by atoms with Crippen LogP contribution in [0.15, 0.2) is 46.9 Å². The summed E-state index contributed by atoms with van der Waals surface area (Å²) < 4.78 is 1.02. The van der Waals surface area contributed by atoms with Crippen molar-refractivity contribution in [1.82, 2.24) is 5.32 Å². The molecule has 0 bridgehead atoms. The van der Waals surface area contributed by atoms with E-state index in [-0.39, 0.29) is 11.9 Å². The Bertz CT molecular complexity index is 651. The summed E-state index contributed by atoms with van der Waals surface area (Å²) in [6.07, 6.45) is 0.422. The van der Waals surface area contributed by atoms with Crippen molar-refractivity contribution in [3.8, 4) is 0 Å². The minimum atomic E-state index is 0.000107. The number of halogens is 1. The van der Waals surface area contributed by atoms with Gasteiger partial charge in [0.15, 0.2) is 0 Å². The van der Waals surface area contributed by atoms with Gasteiger partial charge in [0.25, 0.3) is 0 Å². The highest BCUT2D eigenvalue weighted by molar-refractivity contribution is 9.10. The van der Waals surface area contributed by atoms with Crippen molar-refractivity contribution in [3.63, 3.8) is 0 Å². The summed E-state index contributed by atoms with van der Waals surface area (Å²) in [7, 11) is 0. The van der Waals surface area contributed by atoms with Gasteiger partial charge in [0.1, 0.15) is 0 Å². The normalized spacial score (nSPS) is 12.0. The van der Waals surface area contributed by atoms with Crippen LogP contribution < -0.4 is 5.32 Å². The molecule has 1 atom stereocenters. The lowest BCUT2D eigenvalue weighted by molar-refractivity contribution is -0.121. The first kappa shape index (κ1) is 15.8. The number of carbonyl (C=O) groups excluding carboxylic acids is 1. The number of hydrogen-bond donors (Lipinski definition) is 1. The molecule has 1 unspecified atom stereocenters. The van der Waals surface area contributed by atoms with Crippen LogP contribution in [0.3, 0.4) is 0 Å². The van der Waals surface area contributed by atoms with Gasteiger partial charge in [-0.05, 0) is 49.6 Å². The highest BCUT2D eigenvalue weighted by Gasteiger charge is 2.11. The third-order valence-electron chi connectivity index (χ3n) is 3.58. The number of rotatable bonds is 4. The van der Waals surface area contributed by atoms with E-state index in [0.29, 0.717) is 6.42 Å². The standard InChI is InChI=1S/C18H20BrNO/c1-12-7-8-13(2)16(9-12)11-18(21)20-14(3)15-5-4-6-17(19)10-15/h4-10,14H,11H2,1-3H3,(H,20,21). The second kappa shape index (κ2) is 6.90. The van der Waals surface area contributed by atoms with Gasteiger partial charge >= 0.3 is 0 Å². The molecule has 21 heavy (non-hydrogen) atoms. The van der Waals surface area contributed by atoms with Crippen molar-refractivity contribution in [1.29, 1.82) is 0 Å². The summed E-state index contributed by atoms with van der Waals surface area (Å²) in [6, 6.07) is 14.2. The van der Waals surface area contributed by atoms with Gasteiger partial charge in [0, 0.05) is 4.47 Å². The molecule has 0 saturated carbocycles. The fourth-order valence-corrected chi connectivity index (χ4v) is 2.73. The summed E-state index contributed by atoms with van der Waals surface area (Å²) >= 11 is 3.46. The highest BCUT2D eigenvalue weighted by atomic mass is 79.9. The van der Waals surface area contributed by atoms with E-state index in [1.807, 2.05) is 45.0 Å². The zero-order valence-electron chi connectivity index (χ0n) is 12.6. The van der Waals surface area contributed by atoms with Gasteiger partial charge in [-0.2, -0.15) is 0 Å². The van der Waals surface area contributed by atoms with Crippen LogP contribution >= 0.6 is 15.9 Å². The molecule has 2 nitrogen and oxygen atoms in total. The minimum Gasteiger partial charge on any atom is -0.349 e. The van der Waals surface area contributed by atoms with Crippen molar-refractivity contribution in [2.45, 2.75) is 33.2 Å². The topological polar surface area (TPSA) is 29.1 Å². The van der Waals surface area contributed by atoms with E-state index in [2.05, 4.69) is 39.4 Å². The maximum Gasteiger partial charge on any atom is 0.224 e. The molecule has 0 radical (unpaired) electrons. The SMILES string of the molecule is Cc1ccc(C)c(CC(=O)NC(C)c2cccc(Br)c2)c1. The van der Waals surface area contributed by atoms with Gasteiger partial charge in [-0.3, -0.25) is 4.79 Å². The second-order valence-electron chi connectivity index (χ2n) is 5.45. The van der Waals surface area contributed by atoms with E-state index in [9.17, 15) is 4.79 Å². The molecule has 0 heterocycles. The summed E-state index contributed by atoms with van der Waals surface area (Å²) in [5.41, 5.74) is 4.53. The number of benzene rings is 2. The summed E-state index contributed by atoms with van der Waals surface area (Å²) in [5.74, 6) is 0.0520. The lowest BCUT2D eigenvalue weighted by Crippen LogP contribution is -2.28. The van der Waals surface area contributed by atoms with Crippen LogP contribution in [0.4, 0.5) is 0 Å². The molecule has 0 spiro atoms. The van der Waals surface area contributed by atoms with Gasteiger partial charge in [-0.25, -0.2) is 0 Å². The van der Waals surface area contributed by atoms with Gasteiger partial charge in [-0.15, -0.1) is 0 Å². The summed E-state index contributed by atoms with van der Waals surface area (Å²) in [4.78, 5) is 12.2. The van der Waals surface area contributed by atoms with Crippen molar-refractivity contribution < 1.29 is 4.79 Å². The Balaban J connectivity index is 2.03. The first-order valence-corrected chi connectivity index (χ1v) is 7.86. The van der Waals surface area contributed by atoms with E-state index in [0.717, 1.165) is 21.2 Å². The number of nitrogens with one attached hydrogen (secondary N) is 1. The van der Waals surface area contributed by atoms with Gasteiger partial charge < -0.3 is 5.32 Å². The molecule has 0 saturated heterocycles. The van der Waals surface area contributed by atoms with Crippen LogP contribution in [0.5, 0.6) is 0 Å². The minimum absolute atomic E-state index is 0.000107. The van der Waals surface area contributed by atoms with Crippen LogP contribution in [-0.2, 0) is 11.2 Å². The van der Waals surface area contributed by atoms with Gasteiger partial charge in [-0.1, -0.05) is 51.8 Å². The average molecular weight is 346 g/mol. The summed E-state index contributed by atoms with van der Waals surface area (Å²) in [5, 5.41) is 3.06. The molecule has 2 aromatic rings. The molecule has 1 amide bonds. The first-order chi connectivity index (χ1) is 9.95. The van der Waals surface area contributed by atoms with E-state index in [1.54, 1.807) is 0 Å². The first-order valence-electron chi connectivity index (χ1n) is 7.06. The number of hydrogen-bond acceptors (Lipinski definition) is 1. The van der Waals surface area contributed by atoms with Crippen molar-refractivity contribution >= 4 is 21.8 Å². The second-order valence-corrected chi connectivity index (χ2v) is 6.37. The molecule has 0 aliphatic rings. The third-order valence-corrected chi connectivity index (χ3v) is 4.08. The molecule has 3 heteroatoms. The smallest absolute Gasteiger partial charge is 0.224 e. The van der Waals surface area contributed by atoms with Crippen LogP contribution in [-0.4, -0.2) is 5.91 Å². The fraction of sp³-hybridized carbons (Fsp3) is 0.278. The van der Waals surface area contributed by atoms with E-state index < -0.39 is 0 Å². The largest absolute Gasteiger partial charge is 0.349 e. The Morgan fingerprint density at radius 1 is 1.19 bits per heavy atom. The molecule has 0 aliphatic carbocycles. The lowest BCUT2D eigenvalue weighted by atomic mass is 10.0. The number of carbonyl (C=O) groups is 1. The maximum atomic E-state index is 12.2. The van der Waals surface area contributed by atoms with Crippen molar-refractivity contribution in [3.05, 3.63) is 69.2 Å². The van der Waals surface area contributed by atoms with E-state index >= 15 is 0 Å². The predicted octanol–water partition coefficient (Wildman–Crippen LogP) is 4.49. The molecular weight excluding hydrogens is 326 g/mol. The van der Waals surface area contributed by atoms with Crippen LogP contribution in [0.25, 0.3) is 0 Å². The molecule has 110 valence electrons. The number of aryl methyl sites for hydroxylation is 2. The Labute approximate surface area is 134 Å². The van der Waals surface area contributed by atoms with E-state index in [1.165, 1.54) is 5.56 Å². The molecule has 2 aromatic carbocycles. The quantitative estimate of drug-likeness (QED) is 0.869. The van der Waals surface area contributed by atoms with Crippen molar-refractivity contribution in [2.75, 3.05) is 0 Å². The average Bonchev–Trinajstić information content (AvgIpc) is 2.42. The Hall–Kier alpha value is -1.61. The maximum absolute atomic E-state index is 12.2. The molecule has 0 aliphatic heterocycles. The van der Waals surface area contributed by atoms with Gasteiger partial charge in [0.2, 0.25) is 5.91 Å². The third kappa shape index (κ3) is 4.43. The molecule has 2 rings (SSSR count). The molecular formula is C18H20BrNO. The highest BCUT2D eigenvalue weighted by Crippen LogP contribution is 2.18. The molecule has 0 aromatic heterocycles. The Morgan fingerprint density at radius 3 is 2.67 bits per heavy atom. The van der Waals surface area contributed by atoms with E-state index in [4.69, 9.17) is 0 Å². The zero-order chi connectivity index (χ0) is 15.4. The monoisotopic (exact) mass is 345 g/mol. The van der Waals surface area contributed by atoms with Gasteiger partial charge in [0.05, 0.1) is 12.5 Å². The summed E-state index contributed by atoms with van der Waals surface area (Å²) in [6.45, 7) is 6.09. The van der Waals surface area contributed by atoms with Crippen molar-refractivity contribution in [2.24, 2.45) is 0 Å².